The molecule has 1 fully saturated rings. The molecule has 0 aromatic heterocycles. The first kappa shape index (κ1) is 24.5. The Balaban J connectivity index is 1.83. The molecule has 1 aromatic rings. The van der Waals surface area contributed by atoms with Gasteiger partial charge in [0.1, 0.15) is 12.6 Å². The molecule has 0 unspecified atom stereocenters. The normalized spacial score (nSPS) is 18.7. The van der Waals surface area contributed by atoms with Gasteiger partial charge < -0.3 is 15.0 Å². The van der Waals surface area contributed by atoms with Gasteiger partial charge in [0.25, 0.3) is 0 Å². The van der Waals surface area contributed by atoms with Gasteiger partial charge in [-0.2, -0.15) is 0 Å². The quantitative estimate of drug-likeness (QED) is 0.555. The largest absolute Gasteiger partial charge is 0.379 e. The number of hydrogen-bond donors (Lipinski definition) is 1. The monoisotopic (exact) mass is 466 g/mol. The van der Waals surface area contributed by atoms with Crippen molar-refractivity contribution in [2.75, 3.05) is 50.1 Å². The van der Waals surface area contributed by atoms with Gasteiger partial charge >= 0.3 is 0 Å². The summed E-state index contributed by atoms with van der Waals surface area (Å²) in [6.45, 7) is 5.50. The lowest BCUT2D eigenvalue weighted by Crippen LogP contribution is -2.57. The molecule has 2 heterocycles. The highest BCUT2D eigenvalue weighted by atomic mass is 32.2. The summed E-state index contributed by atoms with van der Waals surface area (Å²) in [5.41, 5.74) is 1.26. The molecule has 0 aliphatic carbocycles. The number of benzene rings is 1. The predicted molar refractivity (Wildman–Crippen MR) is 123 cm³/mol. The second kappa shape index (κ2) is 10.2. The second-order valence-electron chi connectivity index (χ2n) is 8.69. The van der Waals surface area contributed by atoms with Crippen LogP contribution in [0.2, 0.25) is 0 Å². The standard InChI is InChI=1S/C22H34N4O5S/c1-16(2)31-13-7-11-23-21(27)15-26-20-14-17(32(29,30)24(3)4)9-10-18(20)25-12-6-5-8-19(25)22(26)28/h9-10,14,16,19H,5-8,11-13,15H2,1-4H3,(H,23,27)/t19-/m1/s1. The van der Waals surface area contributed by atoms with Crippen molar-refractivity contribution in [2.24, 2.45) is 0 Å². The number of hydrogen-bond acceptors (Lipinski definition) is 6. The van der Waals surface area contributed by atoms with E-state index in [1.807, 2.05) is 18.7 Å². The van der Waals surface area contributed by atoms with Crippen LogP contribution in [0.5, 0.6) is 0 Å². The van der Waals surface area contributed by atoms with Crippen LogP contribution in [0.3, 0.4) is 0 Å². The van der Waals surface area contributed by atoms with Crippen LogP contribution in [0.4, 0.5) is 11.4 Å². The second-order valence-corrected chi connectivity index (χ2v) is 10.8. The zero-order valence-corrected chi connectivity index (χ0v) is 20.2. The predicted octanol–water partition coefficient (Wildman–Crippen LogP) is 1.57. The highest BCUT2D eigenvalue weighted by molar-refractivity contribution is 7.89. The molecule has 2 amide bonds. The first-order valence-corrected chi connectivity index (χ1v) is 12.6. The minimum atomic E-state index is -3.67. The molecule has 0 bridgehead atoms. The van der Waals surface area contributed by atoms with Crippen molar-refractivity contribution in [3.63, 3.8) is 0 Å². The molecule has 2 aliphatic rings. The Kier molecular flexibility index (Phi) is 7.79. The van der Waals surface area contributed by atoms with Gasteiger partial charge in [-0.25, -0.2) is 12.7 Å². The lowest BCUT2D eigenvalue weighted by Gasteiger charge is -2.45. The zero-order chi connectivity index (χ0) is 23.5. The number of sulfonamides is 1. The van der Waals surface area contributed by atoms with Crippen molar-refractivity contribution >= 4 is 33.2 Å². The number of nitrogens with one attached hydrogen (secondary N) is 1. The van der Waals surface area contributed by atoms with Crippen LogP contribution < -0.4 is 15.1 Å². The molecule has 1 atom stereocenters. The molecule has 178 valence electrons. The van der Waals surface area contributed by atoms with E-state index in [1.165, 1.54) is 25.1 Å². The van der Waals surface area contributed by atoms with Crippen LogP contribution in [0.15, 0.2) is 23.1 Å². The maximum absolute atomic E-state index is 13.3. The van der Waals surface area contributed by atoms with E-state index in [-0.39, 0.29) is 35.4 Å². The molecule has 10 heteroatoms. The Morgan fingerprint density at radius 3 is 2.69 bits per heavy atom. The van der Waals surface area contributed by atoms with E-state index in [9.17, 15) is 18.0 Å². The molecule has 1 N–H and O–H groups in total. The molecule has 0 saturated carbocycles. The van der Waals surface area contributed by atoms with E-state index in [2.05, 4.69) is 5.32 Å². The maximum Gasteiger partial charge on any atom is 0.250 e. The van der Waals surface area contributed by atoms with Crippen molar-refractivity contribution in [2.45, 2.75) is 56.6 Å². The highest BCUT2D eigenvalue weighted by Gasteiger charge is 2.40. The summed E-state index contributed by atoms with van der Waals surface area (Å²) in [4.78, 5) is 29.5. The first-order chi connectivity index (χ1) is 15.1. The Labute approximate surface area is 190 Å². The number of nitrogens with zero attached hydrogens (tertiary/aromatic N) is 3. The van der Waals surface area contributed by atoms with Gasteiger partial charge in [0.05, 0.1) is 22.4 Å². The van der Waals surface area contributed by atoms with Crippen LogP contribution in [0.25, 0.3) is 0 Å². The van der Waals surface area contributed by atoms with Crippen molar-refractivity contribution in [3.8, 4) is 0 Å². The number of amides is 2. The van der Waals surface area contributed by atoms with Gasteiger partial charge in [0.2, 0.25) is 21.8 Å². The number of fused-ring (bicyclic) bond motifs is 3. The number of ether oxygens (including phenoxy) is 1. The van der Waals surface area contributed by atoms with E-state index in [4.69, 9.17) is 4.74 Å². The molecule has 2 aliphatic heterocycles. The van der Waals surface area contributed by atoms with Crippen molar-refractivity contribution < 1.29 is 22.7 Å². The fourth-order valence-electron chi connectivity index (χ4n) is 4.09. The van der Waals surface area contributed by atoms with E-state index < -0.39 is 10.0 Å². The average molecular weight is 467 g/mol. The molecular weight excluding hydrogens is 432 g/mol. The summed E-state index contributed by atoms with van der Waals surface area (Å²) in [6, 6.07) is 4.52. The summed E-state index contributed by atoms with van der Waals surface area (Å²) in [6.07, 6.45) is 3.46. The van der Waals surface area contributed by atoms with Crippen LogP contribution in [0, 0.1) is 0 Å². The molecular formula is C22H34N4O5S. The summed E-state index contributed by atoms with van der Waals surface area (Å²) in [5.74, 6) is -0.436. The zero-order valence-electron chi connectivity index (χ0n) is 19.3. The van der Waals surface area contributed by atoms with Crippen molar-refractivity contribution in [1.82, 2.24) is 9.62 Å². The summed E-state index contributed by atoms with van der Waals surface area (Å²) < 4.78 is 32.0. The lowest BCUT2D eigenvalue weighted by molar-refractivity contribution is -0.125. The van der Waals surface area contributed by atoms with Gasteiger partial charge in [-0.05, 0) is 57.7 Å². The third kappa shape index (κ3) is 5.24. The Bertz CT molecular complexity index is 948. The van der Waals surface area contributed by atoms with Crippen LogP contribution in [0.1, 0.15) is 39.5 Å². The number of carbonyl (C=O) groups excluding carboxylic acids is 2. The van der Waals surface area contributed by atoms with Gasteiger partial charge in [-0.15, -0.1) is 0 Å². The Morgan fingerprint density at radius 1 is 1.25 bits per heavy atom. The van der Waals surface area contributed by atoms with E-state index >= 15 is 0 Å². The molecule has 1 aromatic carbocycles. The molecule has 0 spiro atoms. The summed E-state index contributed by atoms with van der Waals surface area (Å²) in [7, 11) is -0.740. The molecule has 1 saturated heterocycles. The fraction of sp³-hybridized carbons (Fsp3) is 0.636. The fourth-order valence-corrected chi connectivity index (χ4v) is 5.01. The smallest absolute Gasteiger partial charge is 0.250 e. The Hall–Kier alpha value is -2.17. The maximum atomic E-state index is 13.3. The number of carbonyl (C=O) groups is 2. The van der Waals surface area contributed by atoms with Crippen LogP contribution >= 0.6 is 0 Å². The minimum Gasteiger partial charge on any atom is -0.379 e. The molecule has 32 heavy (non-hydrogen) atoms. The third-order valence-electron chi connectivity index (χ3n) is 5.78. The van der Waals surface area contributed by atoms with Gasteiger partial charge in [-0.1, -0.05) is 0 Å². The lowest BCUT2D eigenvalue weighted by atomic mass is 9.96. The summed E-state index contributed by atoms with van der Waals surface area (Å²) in [5, 5.41) is 2.84. The molecule has 3 rings (SSSR count). The van der Waals surface area contributed by atoms with Gasteiger partial charge in [0.15, 0.2) is 0 Å². The van der Waals surface area contributed by atoms with E-state index in [0.29, 0.717) is 25.3 Å². The van der Waals surface area contributed by atoms with Crippen LogP contribution in [-0.4, -0.2) is 77.0 Å². The SMILES string of the molecule is CC(C)OCCCNC(=O)CN1C(=O)[C@H]2CCCCN2c2ccc(S(=O)(=O)N(C)C)cc21. The summed E-state index contributed by atoms with van der Waals surface area (Å²) >= 11 is 0. The topological polar surface area (TPSA) is 99.3 Å². The minimum absolute atomic E-state index is 0.0979. The number of rotatable bonds is 9. The van der Waals surface area contributed by atoms with Crippen LogP contribution in [-0.2, 0) is 24.3 Å². The Morgan fingerprint density at radius 2 is 2.00 bits per heavy atom. The van der Waals surface area contributed by atoms with Crippen molar-refractivity contribution in [3.05, 3.63) is 18.2 Å². The third-order valence-corrected chi connectivity index (χ3v) is 7.59. The van der Waals surface area contributed by atoms with E-state index in [1.54, 1.807) is 12.1 Å². The molecule has 0 radical (unpaired) electrons. The van der Waals surface area contributed by atoms with Gasteiger partial charge in [-0.3, -0.25) is 14.5 Å². The average Bonchev–Trinajstić information content (AvgIpc) is 2.75. The number of piperidine rings is 1. The van der Waals surface area contributed by atoms with Crippen molar-refractivity contribution in [1.29, 1.82) is 0 Å². The van der Waals surface area contributed by atoms with E-state index in [0.717, 1.165) is 35.8 Å². The number of anilines is 2. The first-order valence-electron chi connectivity index (χ1n) is 11.2. The highest BCUT2D eigenvalue weighted by Crippen LogP contribution is 2.40. The van der Waals surface area contributed by atoms with Gasteiger partial charge in [0, 0.05) is 33.8 Å². The molecule has 9 nitrogen and oxygen atoms in total.